The second kappa shape index (κ2) is 2.25. The van der Waals surface area contributed by atoms with Crippen molar-refractivity contribution in [2.24, 2.45) is 17.8 Å². The van der Waals surface area contributed by atoms with Crippen LogP contribution in [0.4, 0.5) is 0 Å². The van der Waals surface area contributed by atoms with Crippen molar-refractivity contribution in [3.05, 3.63) is 0 Å². The Hall–Kier alpha value is -0.0400. The highest BCUT2D eigenvalue weighted by Gasteiger charge is 2.46. The first kappa shape index (κ1) is 7.37. The Balaban J connectivity index is 1.94. The lowest BCUT2D eigenvalue weighted by molar-refractivity contribution is -0.0412. The van der Waals surface area contributed by atoms with Gasteiger partial charge < -0.3 is 5.11 Å². The van der Waals surface area contributed by atoms with Crippen LogP contribution in [0.25, 0.3) is 0 Å². The van der Waals surface area contributed by atoms with Gasteiger partial charge in [-0.15, -0.1) is 0 Å². The summed E-state index contributed by atoms with van der Waals surface area (Å²) in [6.07, 6.45) is 8.95. The molecule has 4 saturated carbocycles. The minimum atomic E-state index is -0.223. The molecular weight excluding hydrogens is 148 g/mol. The highest BCUT2D eigenvalue weighted by molar-refractivity contribution is 4.98. The minimum Gasteiger partial charge on any atom is -0.390 e. The SMILES string of the molecule is OC12CCC3C[C@@H](C[C@H](C3)C1)C2. The van der Waals surface area contributed by atoms with Crippen LogP contribution in [0, 0.1) is 17.8 Å². The summed E-state index contributed by atoms with van der Waals surface area (Å²) in [6, 6.07) is 0. The van der Waals surface area contributed by atoms with E-state index < -0.39 is 0 Å². The van der Waals surface area contributed by atoms with E-state index in [-0.39, 0.29) is 5.60 Å². The third-order valence-electron chi connectivity index (χ3n) is 4.36. The van der Waals surface area contributed by atoms with Gasteiger partial charge in [0.15, 0.2) is 0 Å². The maximum absolute atomic E-state index is 10.3. The molecule has 4 aliphatic carbocycles. The molecule has 4 aliphatic rings. The Bertz CT molecular complexity index is 185. The second-order valence-corrected chi connectivity index (χ2v) is 5.48. The average Bonchev–Trinajstić information content (AvgIpc) is 2.14. The molecule has 0 aromatic heterocycles. The normalized spacial score (nSPS) is 57.2. The third-order valence-corrected chi connectivity index (χ3v) is 4.36. The van der Waals surface area contributed by atoms with Crippen molar-refractivity contribution in [1.82, 2.24) is 0 Å². The predicted molar refractivity (Wildman–Crippen MR) is 47.7 cm³/mol. The first-order valence-electron chi connectivity index (χ1n) is 5.46. The van der Waals surface area contributed by atoms with Gasteiger partial charge in [0.25, 0.3) is 0 Å². The molecule has 12 heavy (non-hydrogen) atoms. The number of aliphatic hydroxyl groups is 1. The molecule has 4 fully saturated rings. The van der Waals surface area contributed by atoms with E-state index in [0.29, 0.717) is 0 Å². The van der Waals surface area contributed by atoms with E-state index in [1.165, 1.54) is 25.7 Å². The molecule has 0 aromatic carbocycles. The summed E-state index contributed by atoms with van der Waals surface area (Å²) in [5, 5.41) is 10.3. The van der Waals surface area contributed by atoms with Crippen molar-refractivity contribution >= 4 is 0 Å². The maximum Gasteiger partial charge on any atom is 0.0653 e. The number of rotatable bonds is 0. The van der Waals surface area contributed by atoms with Gasteiger partial charge in [-0.1, -0.05) is 0 Å². The van der Waals surface area contributed by atoms with Gasteiger partial charge in [0.1, 0.15) is 0 Å². The smallest absolute Gasteiger partial charge is 0.0653 e. The molecule has 0 saturated heterocycles. The average molecular weight is 166 g/mol. The molecule has 4 rings (SSSR count). The predicted octanol–water partition coefficient (Wildman–Crippen LogP) is 2.34. The summed E-state index contributed by atoms with van der Waals surface area (Å²) in [4.78, 5) is 0. The summed E-state index contributed by atoms with van der Waals surface area (Å²) in [5.74, 6) is 2.75. The number of hydrogen-bond acceptors (Lipinski definition) is 1. The lowest BCUT2D eigenvalue weighted by atomic mass is 9.66. The molecule has 0 heterocycles. The second-order valence-electron chi connectivity index (χ2n) is 5.48. The Labute approximate surface area is 74.2 Å². The molecule has 4 bridgehead atoms. The fourth-order valence-corrected chi connectivity index (χ4v) is 4.11. The van der Waals surface area contributed by atoms with Gasteiger partial charge in [0, 0.05) is 0 Å². The summed E-state index contributed by atoms with van der Waals surface area (Å²) in [7, 11) is 0. The fraction of sp³-hybridized carbons (Fsp3) is 1.00. The van der Waals surface area contributed by atoms with Gasteiger partial charge >= 0.3 is 0 Å². The Morgan fingerprint density at radius 1 is 0.917 bits per heavy atom. The van der Waals surface area contributed by atoms with Crippen LogP contribution in [0.15, 0.2) is 0 Å². The first-order valence-corrected chi connectivity index (χ1v) is 5.46. The van der Waals surface area contributed by atoms with E-state index in [9.17, 15) is 5.11 Å². The zero-order valence-corrected chi connectivity index (χ0v) is 7.63. The fourth-order valence-electron chi connectivity index (χ4n) is 4.11. The molecule has 0 unspecified atom stereocenters. The maximum atomic E-state index is 10.3. The van der Waals surface area contributed by atoms with Crippen LogP contribution in [0.5, 0.6) is 0 Å². The molecule has 0 amide bonds. The Morgan fingerprint density at radius 2 is 1.50 bits per heavy atom. The summed E-state index contributed by atoms with van der Waals surface area (Å²) in [5.41, 5.74) is -0.223. The Morgan fingerprint density at radius 3 is 2.17 bits per heavy atom. The minimum absolute atomic E-state index is 0.223. The largest absolute Gasteiger partial charge is 0.390 e. The van der Waals surface area contributed by atoms with Gasteiger partial charge in [0.05, 0.1) is 5.60 Å². The van der Waals surface area contributed by atoms with Gasteiger partial charge in [-0.05, 0) is 62.7 Å². The molecule has 0 aliphatic heterocycles. The molecule has 1 heteroatoms. The molecule has 1 nitrogen and oxygen atoms in total. The summed E-state index contributed by atoms with van der Waals surface area (Å²) >= 11 is 0. The van der Waals surface area contributed by atoms with Crippen LogP contribution >= 0.6 is 0 Å². The van der Waals surface area contributed by atoms with Crippen LogP contribution in [-0.2, 0) is 0 Å². The van der Waals surface area contributed by atoms with Crippen LogP contribution in [0.3, 0.4) is 0 Å². The van der Waals surface area contributed by atoms with Crippen LogP contribution in [-0.4, -0.2) is 10.7 Å². The van der Waals surface area contributed by atoms with Gasteiger partial charge in [0.2, 0.25) is 0 Å². The highest BCUT2D eigenvalue weighted by Crippen LogP contribution is 2.52. The number of hydrogen-bond donors (Lipinski definition) is 1. The molecule has 68 valence electrons. The lowest BCUT2D eigenvalue weighted by Gasteiger charge is -2.42. The van der Waals surface area contributed by atoms with E-state index in [4.69, 9.17) is 0 Å². The third kappa shape index (κ3) is 1.02. The topological polar surface area (TPSA) is 20.2 Å². The quantitative estimate of drug-likeness (QED) is 0.585. The highest BCUT2D eigenvalue weighted by atomic mass is 16.3. The van der Waals surface area contributed by atoms with E-state index in [1.807, 2.05) is 0 Å². The van der Waals surface area contributed by atoms with E-state index in [0.717, 1.165) is 37.0 Å². The van der Waals surface area contributed by atoms with Crippen molar-refractivity contribution in [3.8, 4) is 0 Å². The zero-order chi connectivity index (χ0) is 8.18. The Kier molecular flexibility index (Phi) is 1.39. The van der Waals surface area contributed by atoms with Gasteiger partial charge in [-0.2, -0.15) is 0 Å². The van der Waals surface area contributed by atoms with Crippen molar-refractivity contribution in [3.63, 3.8) is 0 Å². The molecule has 0 aromatic rings. The molecule has 0 spiro atoms. The van der Waals surface area contributed by atoms with Gasteiger partial charge in [-0.25, -0.2) is 0 Å². The van der Waals surface area contributed by atoms with Crippen molar-refractivity contribution in [2.45, 2.75) is 50.5 Å². The summed E-state index contributed by atoms with van der Waals surface area (Å²) < 4.78 is 0. The molecule has 2 atom stereocenters. The summed E-state index contributed by atoms with van der Waals surface area (Å²) in [6.45, 7) is 0. The van der Waals surface area contributed by atoms with Crippen molar-refractivity contribution in [2.75, 3.05) is 0 Å². The van der Waals surface area contributed by atoms with Crippen LogP contribution in [0.2, 0.25) is 0 Å². The van der Waals surface area contributed by atoms with Crippen LogP contribution < -0.4 is 0 Å². The van der Waals surface area contributed by atoms with E-state index >= 15 is 0 Å². The molecule has 1 N–H and O–H groups in total. The van der Waals surface area contributed by atoms with E-state index in [1.54, 1.807) is 0 Å². The zero-order valence-electron chi connectivity index (χ0n) is 7.63. The van der Waals surface area contributed by atoms with Crippen molar-refractivity contribution < 1.29 is 5.11 Å². The van der Waals surface area contributed by atoms with E-state index in [2.05, 4.69) is 0 Å². The van der Waals surface area contributed by atoms with Crippen molar-refractivity contribution in [1.29, 1.82) is 0 Å². The van der Waals surface area contributed by atoms with Gasteiger partial charge in [-0.3, -0.25) is 0 Å². The number of fused-ring (bicyclic) bond motifs is 1. The molecular formula is C11H18O. The standard InChI is InChI=1S/C11H18O/c12-11-2-1-8-3-9(6-11)5-10(4-8)7-11/h8-10,12H,1-7H2/t8?,9-,10-,11?/m0/s1. The van der Waals surface area contributed by atoms with Crippen LogP contribution in [0.1, 0.15) is 44.9 Å². The monoisotopic (exact) mass is 166 g/mol. The lowest BCUT2D eigenvalue weighted by Crippen LogP contribution is -2.38. The first-order chi connectivity index (χ1) is 5.73. The molecule has 0 radical (unpaired) electrons.